The molecular formula is C15H24N2O2. The third-order valence-electron chi connectivity index (χ3n) is 3.61. The molecule has 2 rings (SSSR count). The molecule has 4 nitrogen and oxygen atoms in total. The lowest BCUT2D eigenvalue weighted by molar-refractivity contribution is 0.0386. The van der Waals surface area contributed by atoms with Crippen LogP contribution >= 0.6 is 0 Å². The maximum Gasteiger partial charge on any atom is 0.217 e. The van der Waals surface area contributed by atoms with E-state index in [2.05, 4.69) is 23.3 Å². The van der Waals surface area contributed by atoms with Crippen LogP contribution in [0.2, 0.25) is 0 Å². The zero-order valence-electron chi connectivity index (χ0n) is 11.9. The Kier molecular flexibility index (Phi) is 5.61. The SMILES string of the molecule is CCCNC(c1cccnc1OC)C1CCCOC1. The molecule has 0 amide bonds. The Balaban J connectivity index is 2.19. The average Bonchev–Trinajstić information content (AvgIpc) is 2.49. The highest BCUT2D eigenvalue weighted by molar-refractivity contribution is 5.29. The quantitative estimate of drug-likeness (QED) is 0.857. The van der Waals surface area contributed by atoms with Gasteiger partial charge in [-0.15, -0.1) is 0 Å². The third-order valence-corrected chi connectivity index (χ3v) is 3.61. The van der Waals surface area contributed by atoms with Gasteiger partial charge in [-0.05, 0) is 31.9 Å². The first-order chi connectivity index (χ1) is 9.36. The fourth-order valence-corrected chi connectivity index (χ4v) is 2.67. The summed E-state index contributed by atoms with van der Waals surface area (Å²) in [6.07, 6.45) is 5.22. The largest absolute Gasteiger partial charge is 0.481 e. The lowest BCUT2D eigenvalue weighted by Crippen LogP contribution is -2.34. The first kappa shape index (κ1) is 14.3. The highest BCUT2D eigenvalue weighted by Crippen LogP contribution is 2.32. The Hall–Kier alpha value is -1.13. The zero-order chi connectivity index (χ0) is 13.5. The fraction of sp³-hybridized carbons (Fsp3) is 0.667. The Morgan fingerprint density at radius 2 is 2.47 bits per heavy atom. The van der Waals surface area contributed by atoms with E-state index >= 15 is 0 Å². The smallest absolute Gasteiger partial charge is 0.217 e. The van der Waals surface area contributed by atoms with Crippen LogP contribution in [0, 0.1) is 5.92 Å². The van der Waals surface area contributed by atoms with E-state index in [0.29, 0.717) is 5.92 Å². The first-order valence-electron chi connectivity index (χ1n) is 7.16. The predicted octanol–water partition coefficient (Wildman–Crippen LogP) is 2.56. The number of hydrogen-bond acceptors (Lipinski definition) is 4. The van der Waals surface area contributed by atoms with Gasteiger partial charge < -0.3 is 14.8 Å². The van der Waals surface area contributed by atoms with Crippen LogP contribution in [-0.2, 0) is 4.74 Å². The van der Waals surface area contributed by atoms with Crippen LogP contribution in [0.15, 0.2) is 18.3 Å². The van der Waals surface area contributed by atoms with Gasteiger partial charge in [-0.3, -0.25) is 0 Å². The summed E-state index contributed by atoms with van der Waals surface area (Å²) in [6, 6.07) is 4.35. The molecule has 0 aromatic carbocycles. The van der Waals surface area contributed by atoms with Gasteiger partial charge in [0.1, 0.15) is 0 Å². The molecule has 0 radical (unpaired) electrons. The number of hydrogen-bond donors (Lipinski definition) is 1. The molecular weight excluding hydrogens is 240 g/mol. The van der Waals surface area contributed by atoms with E-state index in [1.807, 2.05) is 6.07 Å². The molecule has 1 aromatic heterocycles. The van der Waals surface area contributed by atoms with Gasteiger partial charge in [-0.2, -0.15) is 0 Å². The molecule has 1 aromatic rings. The molecule has 1 fully saturated rings. The van der Waals surface area contributed by atoms with Crippen molar-refractivity contribution in [3.63, 3.8) is 0 Å². The van der Waals surface area contributed by atoms with Crippen molar-refractivity contribution >= 4 is 0 Å². The van der Waals surface area contributed by atoms with Gasteiger partial charge in [0.05, 0.1) is 13.7 Å². The molecule has 2 atom stereocenters. The van der Waals surface area contributed by atoms with Gasteiger partial charge in [-0.25, -0.2) is 4.98 Å². The number of nitrogens with one attached hydrogen (secondary N) is 1. The van der Waals surface area contributed by atoms with Gasteiger partial charge in [0.2, 0.25) is 5.88 Å². The zero-order valence-corrected chi connectivity index (χ0v) is 11.9. The Morgan fingerprint density at radius 3 is 3.16 bits per heavy atom. The summed E-state index contributed by atoms with van der Waals surface area (Å²) in [4.78, 5) is 4.32. The van der Waals surface area contributed by atoms with E-state index in [0.717, 1.165) is 44.0 Å². The summed E-state index contributed by atoms with van der Waals surface area (Å²) in [5, 5.41) is 3.63. The number of rotatable bonds is 6. The lowest BCUT2D eigenvalue weighted by Gasteiger charge is -2.31. The van der Waals surface area contributed by atoms with Gasteiger partial charge in [0.25, 0.3) is 0 Å². The summed E-state index contributed by atoms with van der Waals surface area (Å²) in [5.74, 6) is 1.22. The normalized spacial score (nSPS) is 21.1. The van der Waals surface area contributed by atoms with E-state index in [9.17, 15) is 0 Å². The molecule has 1 aliphatic heterocycles. The van der Waals surface area contributed by atoms with E-state index in [1.165, 1.54) is 6.42 Å². The number of nitrogens with zero attached hydrogens (tertiary/aromatic N) is 1. The lowest BCUT2D eigenvalue weighted by atomic mass is 9.89. The second-order valence-corrected chi connectivity index (χ2v) is 5.01. The van der Waals surface area contributed by atoms with Crippen molar-refractivity contribution in [1.82, 2.24) is 10.3 Å². The molecule has 4 heteroatoms. The van der Waals surface area contributed by atoms with Crippen LogP contribution in [0.1, 0.15) is 37.8 Å². The van der Waals surface area contributed by atoms with Gasteiger partial charge in [-0.1, -0.05) is 13.0 Å². The number of aromatic nitrogens is 1. The van der Waals surface area contributed by atoms with E-state index in [-0.39, 0.29) is 6.04 Å². The Morgan fingerprint density at radius 1 is 1.58 bits per heavy atom. The average molecular weight is 264 g/mol. The molecule has 0 aliphatic carbocycles. The number of methoxy groups -OCH3 is 1. The number of pyridine rings is 1. The molecule has 0 saturated carbocycles. The maximum absolute atomic E-state index is 5.64. The van der Waals surface area contributed by atoms with Crippen molar-refractivity contribution in [3.05, 3.63) is 23.9 Å². The summed E-state index contributed by atoms with van der Waals surface area (Å²) in [7, 11) is 1.68. The summed E-state index contributed by atoms with van der Waals surface area (Å²) in [5.41, 5.74) is 1.15. The standard InChI is InChI=1S/C15H24N2O2/c1-3-8-16-14(12-6-5-10-19-11-12)13-7-4-9-17-15(13)18-2/h4,7,9,12,14,16H,3,5-6,8,10-11H2,1-2H3. The Bertz CT molecular complexity index is 378. The summed E-state index contributed by atoms with van der Waals surface area (Å²) < 4.78 is 11.0. The number of ether oxygens (including phenoxy) is 2. The van der Waals surface area contributed by atoms with Crippen LogP contribution in [0.25, 0.3) is 0 Å². The molecule has 0 bridgehead atoms. The fourth-order valence-electron chi connectivity index (χ4n) is 2.67. The topological polar surface area (TPSA) is 43.4 Å². The molecule has 0 spiro atoms. The monoisotopic (exact) mass is 264 g/mol. The van der Waals surface area contributed by atoms with E-state index in [1.54, 1.807) is 13.3 Å². The molecule has 106 valence electrons. The van der Waals surface area contributed by atoms with Gasteiger partial charge in [0, 0.05) is 30.3 Å². The van der Waals surface area contributed by atoms with Crippen LogP contribution in [0.4, 0.5) is 0 Å². The van der Waals surface area contributed by atoms with Crippen LogP contribution in [0.5, 0.6) is 5.88 Å². The second kappa shape index (κ2) is 7.46. The minimum Gasteiger partial charge on any atom is -0.481 e. The molecule has 1 saturated heterocycles. The highest BCUT2D eigenvalue weighted by atomic mass is 16.5. The van der Waals surface area contributed by atoms with E-state index < -0.39 is 0 Å². The van der Waals surface area contributed by atoms with Crippen LogP contribution in [-0.4, -0.2) is 31.9 Å². The minimum absolute atomic E-state index is 0.267. The van der Waals surface area contributed by atoms with Gasteiger partial charge in [0.15, 0.2) is 0 Å². The molecule has 19 heavy (non-hydrogen) atoms. The molecule has 1 N–H and O–H groups in total. The van der Waals surface area contributed by atoms with Crippen molar-refractivity contribution in [1.29, 1.82) is 0 Å². The van der Waals surface area contributed by atoms with Gasteiger partial charge >= 0.3 is 0 Å². The van der Waals surface area contributed by atoms with Crippen molar-refractivity contribution in [2.75, 3.05) is 26.9 Å². The van der Waals surface area contributed by atoms with Crippen molar-refractivity contribution in [3.8, 4) is 5.88 Å². The van der Waals surface area contributed by atoms with E-state index in [4.69, 9.17) is 9.47 Å². The molecule has 2 unspecified atom stereocenters. The van der Waals surface area contributed by atoms with Crippen LogP contribution in [0.3, 0.4) is 0 Å². The minimum atomic E-state index is 0.267. The summed E-state index contributed by atoms with van der Waals surface area (Å²) in [6.45, 7) is 4.89. The maximum atomic E-state index is 5.64. The third kappa shape index (κ3) is 3.67. The summed E-state index contributed by atoms with van der Waals surface area (Å²) >= 11 is 0. The second-order valence-electron chi connectivity index (χ2n) is 5.01. The van der Waals surface area contributed by atoms with Crippen molar-refractivity contribution in [2.24, 2.45) is 5.92 Å². The van der Waals surface area contributed by atoms with Crippen LogP contribution < -0.4 is 10.1 Å². The highest BCUT2D eigenvalue weighted by Gasteiger charge is 2.27. The predicted molar refractivity (Wildman–Crippen MR) is 75.4 cm³/mol. The van der Waals surface area contributed by atoms with Crippen molar-refractivity contribution in [2.45, 2.75) is 32.2 Å². The van der Waals surface area contributed by atoms with Crippen molar-refractivity contribution < 1.29 is 9.47 Å². The Labute approximate surface area is 115 Å². The molecule has 2 heterocycles. The first-order valence-corrected chi connectivity index (χ1v) is 7.16. The molecule has 1 aliphatic rings.